The lowest BCUT2D eigenvalue weighted by Gasteiger charge is -2.20. The zero-order valence-electron chi connectivity index (χ0n) is 15.5. The van der Waals surface area contributed by atoms with Gasteiger partial charge in [-0.05, 0) is 36.4 Å². The summed E-state index contributed by atoms with van der Waals surface area (Å²) >= 11 is 6.33. The van der Waals surface area contributed by atoms with E-state index in [1.165, 1.54) is 25.3 Å². The number of rotatable bonds is 6. The van der Waals surface area contributed by atoms with E-state index in [2.05, 4.69) is 6.58 Å². The van der Waals surface area contributed by atoms with Gasteiger partial charge in [0.25, 0.3) is 5.56 Å². The minimum atomic E-state index is -1.60. The van der Waals surface area contributed by atoms with Gasteiger partial charge in [0.1, 0.15) is 23.6 Å². The van der Waals surface area contributed by atoms with Gasteiger partial charge in [0.05, 0.1) is 24.9 Å². The van der Waals surface area contributed by atoms with E-state index in [-0.39, 0.29) is 16.3 Å². The molecule has 0 N–H and O–H groups in total. The highest BCUT2D eigenvalue weighted by Gasteiger charge is 2.23. The number of allylic oxidation sites excluding steroid dienone is 1. The molecule has 0 aliphatic heterocycles. The fourth-order valence-electron chi connectivity index (χ4n) is 3.06. The number of halogens is 4. The largest absolute Gasteiger partial charge is 0.497 e. The highest BCUT2D eigenvalue weighted by molar-refractivity contribution is 6.33. The third kappa shape index (κ3) is 4.07. The maximum Gasteiger partial charge on any atom is 0.251 e. The molecule has 1 unspecified atom stereocenters. The van der Waals surface area contributed by atoms with Crippen molar-refractivity contribution in [2.24, 2.45) is 0 Å². The summed E-state index contributed by atoms with van der Waals surface area (Å²) in [6, 6.07) is 10.7. The van der Waals surface area contributed by atoms with Crippen molar-refractivity contribution in [3.8, 4) is 28.1 Å². The predicted octanol–water partition coefficient (Wildman–Crippen LogP) is 5.65. The minimum Gasteiger partial charge on any atom is -0.497 e. The molecular formula is C22H17ClF3NO2. The zero-order chi connectivity index (χ0) is 21.1. The Hall–Kier alpha value is -2.99. The first-order valence-electron chi connectivity index (χ1n) is 8.66. The molecule has 0 radical (unpaired) electrons. The van der Waals surface area contributed by atoms with Crippen LogP contribution >= 0.6 is 11.6 Å². The molecule has 0 amide bonds. The van der Waals surface area contributed by atoms with Gasteiger partial charge in [-0.15, -0.1) is 6.58 Å². The molecule has 150 valence electrons. The number of aromatic nitrogens is 1. The monoisotopic (exact) mass is 419 g/mol. The molecule has 3 nitrogen and oxygen atoms in total. The first kappa shape index (κ1) is 20.7. The van der Waals surface area contributed by atoms with Crippen LogP contribution in [0.3, 0.4) is 0 Å². The molecule has 0 aliphatic rings. The lowest BCUT2D eigenvalue weighted by Crippen LogP contribution is -2.26. The Kier molecular flexibility index (Phi) is 6.13. The number of benzene rings is 2. The van der Waals surface area contributed by atoms with E-state index in [0.29, 0.717) is 11.3 Å². The number of alkyl halides is 1. The number of hydrogen-bond acceptors (Lipinski definition) is 2. The van der Waals surface area contributed by atoms with Gasteiger partial charge in [0.15, 0.2) is 0 Å². The van der Waals surface area contributed by atoms with Crippen molar-refractivity contribution < 1.29 is 17.9 Å². The van der Waals surface area contributed by atoms with Crippen LogP contribution in [0.25, 0.3) is 22.4 Å². The molecular weight excluding hydrogens is 403 g/mol. The fraction of sp³-hybridized carbons (Fsp3) is 0.136. The van der Waals surface area contributed by atoms with Crippen LogP contribution in [0.4, 0.5) is 13.2 Å². The van der Waals surface area contributed by atoms with Crippen molar-refractivity contribution >= 4 is 11.6 Å². The Morgan fingerprint density at radius 1 is 1.14 bits per heavy atom. The molecule has 0 saturated heterocycles. The topological polar surface area (TPSA) is 31.2 Å². The summed E-state index contributed by atoms with van der Waals surface area (Å²) < 4.78 is 49.7. The summed E-state index contributed by atoms with van der Waals surface area (Å²) in [5.41, 5.74) is -0.543. The van der Waals surface area contributed by atoms with Gasteiger partial charge in [-0.3, -0.25) is 4.79 Å². The molecule has 7 heteroatoms. The van der Waals surface area contributed by atoms with E-state index >= 15 is 0 Å². The smallest absolute Gasteiger partial charge is 0.251 e. The standard InChI is InChI=1S/C22H17ClF3NO2/c1-3-13(24)12-27-20(28)10-8-15(16-11-14(29-2)7-9-17(16)23)22(27)21-18(25)5-4-6-19(21)26/h3-11,13H,1,12H2,2H3. The van der Waals surface area contributed by atoms with Crippen LogP contribution in [-0.2, 0) is 6.54 Å². The second-order valence-corrected chi connectivity index (χ2v) is 6.65. The Labute approximate surface area is 170 Å². The summed E-state index contributed by atoms with van der Waals surface area (Å²) in [7, 11) is 1.46. The first-order chi connectivity index (χ1) is 13.9. The van der Waals surface area contributed by atoms with E-state index in [4.69, 9.17) is 16.3 Å². The van der Waals surface area contributed by atoms with Gasteiger partial charge < -0.3 is 9.30 Å². The lowest BCUT2D eigenvalue weighted by atomic mass is 9.97. The maximum absolute atomic E-state index is 14.7. The van der Waals surface area contributed by atoms with Crippen LogP contribution in [-0.4, -0.2) is 17.8 Å². The van der Waals surface area contributed by atoms with E-state index < -0.39 is 35.5 Å². The molecule has 2 aromatic carbocycles. The van der Waals surface area contributed by atoms with E-state index in [1.54, 1.807) is 18.2 Å². The van der Waals surface area contributed by atoms with Gasteiger partial charge in [0, 0.05) is 22.2 Å². The van der Waals surface area contributed by atoms with Crippen molar-refractivity contribution in [2.75, 3.05) is 7.11 Å². The summed E-state index contributed by atoms with van der Waals surface area (Å²) in [5, 5.41) is 0.273. The van der Waals surface area contributed by atoms with Crippen LogP contribution in [0.1, 0.15) is 0 Å². The third-order valence-corrected chi connectivity index (χ3v) is 4.79. The summed E-state index contributed by atoms with van der Waals surface area (Å²) in [5.74, 6) is -1.33. The summed E-state index contributed by atoms with van der Waals surface area (Å²) in [4.78, 5) is 12.5. The molecule has 0 bridgehead atoms. The van der Waals surface area contributed by atoms with E-state index in [9.17, 15) is 18.0 Å². The molecule has 3 aromatic rings. The van der Waals surface area contributed by atoms with Crippen molar-refractivity contribution in [2.45, 2.75) is 12.7 Å². The number of nitrogens with zero attached hydrogens (tertiary/aromatic N) is 1. The van der Waals surface area contributed by atoms with E-state index in [0.717, 1.165) is 22.8 Å². The maximum atomic E-state index is 14.7. The van der Waals surface area contributed by atoms with Gasteiger partial charge in [-0.2, -0.15) is 0 Å². The molecule has 0 spiro atoms. The highest BCUT2D eigenvalue weighted by Crippen LogP contribution is 2.39. The quantitative estimate of drug-likeness (QED) is 0.484. The molecule has 0 saturated carbocycles. The van der Waals surface area contributed by atoms with Gasteiger partial charge in [0.2, 0.25) is 0 Å². The Morgan fingerprint density at radius 3 is 2.45 bits per heavy atom. The van der Waals surface area contributed by atoms with Crippen LogP contribution in [0.2, 0.25) is 5.02 Å². The van der Waals surface area contributed by atoms with Crippen LogP contribution in [0.5, 0.6) is 5.75 Å². The van der Waals surface area contributed by atoms with Gasteiger partial charge in [-0.25, -0.2) is 13.2 Å². The van der Waals surface area contributed by atoms with Crippen molar-refractivity contribution in [3.63, 3.8) is 0 Å². The predicted molar refractivity (Wildman–Crippen MR) is 108 cm³/mol. The van der Waals surface area contributed by atoms with Crippen LogP contribution < -0.4 is 10.3 Å². The number of hydrogen-bond donors (Lipinski definition) is 0. The molecule has 0 aliphatic carbocycles. The molecule has 1 atom stereocenters. The number of ether oxygens (including phenoxy) is 1. The molecule has 29 heavy (non-hydrogen) atoms. The number of pyridine rings is 1. The second kappa shape index (κ2) is 8.57. The zero-order valence-corrected chi connectivity index (χ0v) is 16.2. The average Bonchev–Trinajstić information content (AvgIpc) is 2.70. The van der Waals surface area contributed by atoms with Crippen LogP contribution in [0, 0.1) is 11.6 Å². The number of methoxy groups -OCH3 is 1. The first-order valence-corrected chi connectivity index (χ1v) is 9.04. The Bertz CT molecular complexity index is 1110. The Morgan fingerprint density at radius 2 is 1.83 bits per heavy atom. The lowest BCUT2D eigenvalue weighted by molar-refractivity contribution is 0.354. The van der Waals surface area contributed by atoms with Gasteiger partial charge >= 0.3 is 0 Å². The molecule has 1 heterocycles. The minimum absolute atomic E-state index is 0.118. The van der Waals surface area contributed by atoms with Crippen molar-refractivity contribution in [3.05, 3.63) is 88.2 Å². The average molecular weight is 420 g/mol. The molecule has 0 fully saturated rings. The normalized spacial score (nSPS) is 11.9. The van der Waals surface area contributed by atoms with Crippen molar-refractivity contribution in [1.29, 1.82) is 0 Å². The summed E-state index contributed by atoms with van der Waals surface area (Å²) in [6.07, 6.45) is -0.587. The fourth-order valence-corrected chi connectivity index (χ4v) is 3.28. The third-order valence-electron chi connectivity index (χ3n) is 4.46. The van der Waals surface area contributed by atoms with E-state index in [1.807, 2.05) is 0 Å². The molecule has 1 aromatic heterocycles. The van der Waals surface area contributed by atoms with Crippen LogP contribution in [0.15, 0.2) is 66.0 Å². The van der Waals surface area contributed by atoms with Gasteiger partial charge in [-0.1, -0.05) is 23.7 Å². The molecule has 3 rings (SSSR count). The summed E-state index contributed by atoms with van der Waals surface area (Å²) in [6.45, 7) is 2.91. The second-order valence-electron chi connectivity index (χ2n) is 6.24. The van der Waals surface area contributed by atoms with Crippen molar-refractivity contribution in [1.82, 2.24) is 4.57 Å². The highest BCUT2D eigenvalue weighted by atomic mass is 35.5. The Balaban J connectivity index is 2.43. The SMILES string of the molecule is C=CC(F)Cn1c(-c2c(F)cccc2F)c(-c2cc(OC)ccc2Cl)ccc1=O.